The Balaban J connectivity index is 0.000000640. The Kier molecular flexibility index (Phi) is 6.37. The zero-order valence-corrected chi connectivity index (χ0v) is 8.09. The molecular formula is C5H10O3Y. The first-order valence-electron chi connectivity index (χ1n) is 2.73. The summed E-state index contributed by atoms with van der Waals surface area (Å²) in [5.74, 6) is 0. The summed E-state index contributed by atoms with van der Waals surface area (Å²) in [6.45, 7) is 1.89. The molecule has 0 aromatic rings. The summed E-state index contributed by atoms with van der Waals surface area (Å²) in [7, 11) is 0. The Bertz CT molecular complexity index is 63.2. The normalized spacial score (nSPS) is 27.0. The van der Waals surface area contributed by atoms with Crippen molar-refractivity contribution in [2.45, 2.75) is 6.10 Å². The third-order valence-electron chi connectivity index (χ3n) is 1.09. The Morgan fingerprint density at radius 3 is 2.56 bits per heavy atom. The fraction of sp³-hybridized carbons (Fsp3) is 1.00. The number of ether oxygens (including phenoxy) is 2. The van der Waals surface area contributed by atoms with Crippen LogP contribution in [0, 0.1) is 0 Å². The van der Waals surface area contributed by atoms with Crippen LogP contribution in [-0.2, 0) is 42.2 Å². The number of hydrogen-bond donors (Lipinski definition) is 1. The molecule has 1 radical (unpaired) electrons. The van der Waals surface area contributed by atoms with Gasteiger partial charge in [-0.05, 0) is 0 Å². The van der Waals surface area contributed by atoms with Gasteiger partial charge in [0.05, 0.1) is 26.4 Å². The van der Waals surface area contributed by atoms with E-state index in [1.165, 1.54) is 0 Å². The summed E-state index contributed by atoms with van der Waals surface area (Å²) in [6, 6.07) is 0. The monoisotopic (exact) mass is 207 g/mol. The van der Waals surface area contributed by atoms with Crippen molar-refractivity contribution in [2.75, 3.05) is 26.4 Å². The fourth-order valence-corrected chi connectivity index (χ4v) is 0.642. The number of hydrogen-bond acceptors (Lipinski definition) is 3. The molecule has 0 aliphatic carbocycles. The second kappa shape index (κ2) is 5.75. The largest absolute Gasteiger partial charge is 0.394 e. The number of aliphatic hydroxyl groups is 1. The van der Waals surface area contributed by atoms with E-state index in [0.717, 1.165) is 0 Å². The van der Waals surface area contributed by atoms with Crippen molar-refractivity contribution in [3.05, 3.63) is 0 Å². The summed E-state index contributed by atoms with van der Waals surface area (Å²) in [6.07, 6.45) is -0.0799. The van der Waals surface area contributed by atoms with Crippen LogP contribution >= 0.6 is 0 Å². The summed E-state index contributed by atoms with van der Waals surface area (Å²) < 4.78 is 10.0. The third kappa shape index (κ3) is 3.63. The Hall–Kier alpha value is 0.984. The van der Waals surface area contributed by atoms with Gasteiger partial charge in [0, 0.05) is 32.7 Å². The zero-order chi connectivity index (χ0) is 5.82. The fourth-order valence-electron chi connectivity index (χ4n) is 0.642. The molecule has 1 heterocycles. The van der Waals surface area contributed by atoms with E-state index in [2.05, 4.69) is 0 Å². The van der Waals surface area contributed by atoms with E-state index < -0.39 is 0 Å². The molecule has 0 saturated carbocycles. The molecule has 3 nitrogen and oxygen atoms in total. The molecule has 1 unspecified atom stereocenters. The molecule has 0 aromatic heterocycles. The van der Waals surface area contributed by atoms with Gasteiger partial charge in [0.2, 0.25) is 0 Å². The zero-order valence-electron chi connectivity index (χ0n) is 5.25. The first kappa shape index (κ1) is 9.98. The molecular weight excluding hydrogens is 197 g/mol. The van der Waals surface area contributed by atoms with Crippen molar-refractivity contribution in [2.24, 2.45) is 0 Å². The van der Waals surface area contributed by atoms with Crippen LogP contribution in [0.3, 0.4) is 0 Å². The van der Waals surface area contributed by atoms with Gasteiger partial charge in [0.1, 0.15) is 6.10 Å². The van der Waals surface area contributed by atoms with Gasteiger partial charge >= 0.3 is 0 Å². The molecule has 1 fully saturated rings. The van der Waals surface area contributed by atoms with E-state index in [9.17, 15) is 0 Å². The first-order chi connectivity index (χ1) is 3.93. The van der Waals surface area contributed by atoms with Crippen LogP contribution in [0.4, 0.5) is 0 Å². The molecule has 4 heteroatoms. The summed E-state index contributed by atoms with van der Waals surface area (Å²) in [5.41, 5.74) is 0. The van der Waals surface area contributed by atoms with Gasteiger partial charge in [-0.25, -0.2) is 0 Å². The van der Waals surface area contributed by atoms with Gasteiger partial charge in [-0.2, -0.15) is 0 Å². The van der Waals surface area contributed by atoms with Gasteiger partial charge in [-0.3, -0.25) is 0 Å². The van der Waals surface area contributed by atoms with Gasteiger partial charge in [0.15, 0.2) is 0 Å². The maximum Gasteiger partial charge on any atom is 0.104 e. The number of rotatable bonds is 1. The Morgan fingerprint density at radius 1 is 1.44 bits per heavy atom. The van der Waals surface area contributed by atoms with Gasteiger partial charge in [-0.1, -0.05) is 0 Å². The van der Waals surface area contributed by atoms with Crippen LogP contribution in [0.1, 0.15) is 0 Å². The second-order valence-electron chi connectivity index (χ2n) is 1.75. The maximum absolute atomic E-state index is 8.49. The standard InChI is InChI=1S/C5H10O3.Y/c6-3-5-4-7-1-2-8-5;/h5-6H,1-4H2;. The summed E-state index contributed by atoms with van der Waals surface area (Å²) in [4.78, 5) is 0. The van der Waals surface area contributed by atoms with Crippen molar-refractivity contribution in [3.8, 4) is 0 Å². The molecule has 1 aliphatic heterocycles. The first-order valence-corrected chi connectivity index (χ1v) is 2.73. The SMILES string of the molecule is OCC1COCCO1.[Y]. The molecule has 1 rings (SSSR count). The van der Waals surface area contributed by atoms with Crippen molar-refractivity contribution in [1.82, 2.24) is 0 Å². The molecule has 0 aromatic carbocycles. The Labute approximate surface area is 79.6 Å². The average Bonchev–Trinajstić information content (AvgIpc) is 1.90. The van der Waals surface area contributed by atoms with E-state index in [4.69, 9.17) is 14.6 Å². The van der Waals surface area contributed by atoms with Crippen LogP contribution in [0.25, 0.3) is 0 Å². The number of aliphatic hydroxyl groups excluding tert-OH is 1. The van der Waals surface area contributed by atoms with Gasteiger partial charge in [-0.15, -0.1) is 0 Å². The molecule has 51 valence electrons. The van der Waals surface area contributed by atoms with Gasteiger partial charge < -0.3 is 14.6 Å². The minimum atomic E-state index is -0.0799. The predicted octanol–water partition coefficient (Wildman–Crippen LogP) is -0.608. The molecule has 0 bridgehead atoms. The molecule has 1 saturated heterocycles. The van der Waals surface area contributed by atoms with E-state index in [1.807, 2.05) is 0 Å². The minimum Gasteiger partial charge on any atom is -0.394 e. The van der Waals surface area contributed by atoms with E-state index in [1.54, 1.807) is 0 Å². The van der Waals surface area contributed by atoms with Crippen LogP contribution in [0.5, 0.6) is 0 Å². The van der Waals surface area contributed by atoms with Crippen molar-refractivity contribution >= 4 is 0 Å². The molecule has 1 N–H and O–H groups in total. The molecule has 9 heavy (non-hydrogen) atoms. The summed E-state index contributed by atoms with van der Waals surface area (Å²) >= 11 is 0. The van der Waals surface area contributed by atoms with E-state index >= 15 is 0 Å². The predicted molar refractivity (Wildman–Crippen MR) is 27.6 cm³/mol. The molecule has 1 aliphatic rings. The quantitative estimate of drug-likeness (QED) is 0.623. The van der Waals surface area contributed by atoms with Crippen LogP contribution in [0.15, 0.2) is 0 Å². The average molecular weight is 207 g/mol. The van der Waals surface area contributed by atoms with Crippen LogP contribution in [0.2, 0.25) is 0 Å². The van der Waals surface area contributed by atoms with Crippen molar-refractivity contribution in [1.29, 1.82) is 0 Å². The van der Waals surface area contributed by atoms with E-state index in [0.29, 0.717) is 19.8 Å². The smallest absolute Gasteiger partial charge is 0.104 e. The molecule has 1 atom stereocenters. The summed E-state index contributed by atoms with van der Waals surface area (Å²) in [5, 5.41) is 8.49. The molecule has 0 amide bonds. The topological polar surface area (TPSA) is 38.7 Å². The van der Waals surface area contributed by atoms with E-state index in [-0.39, 0.29) is 45.4 Å². The third-order valence-corrected chi connectivity index (χ3v) is 1.09. The van der Waals surface area contributed by atoms with Crippen molar-refractivity contribution < 1.29 is 47.3 Å². The van der Waals surface area contributed by atoms with Crippen molar-refractivity contribution in [3.63, 3.8) is 0 Å². The van der Waals surface area contributed by atoms with Crippen LogP contribution < -0.4 is 0 Å². The maximum atomic E-state index is 8.49. The molecule has 0 spiro atoms. The van der Waals surface area contributed by atoms with Gasteiger partial charge in [0.25, 0.3) is 0 Å². The van der Waals surface area contributed by atoms with Crippen LogP contribution in [-0.4, -0.2) is 37.6 Å². The second-order valence-corrected chi connectivity index (χ2v) is 1.75. The Morgan fingerprint density at radius 2 is 2.22 bits per heavy atom. The minimum absolute atomic E-state index is 0.